The van der Waals surface area contributed by atoms with Gasteiger partial charge in [0, 0.05) is 28.7 Å². The van der Waals surface area contributed by atoms with Crippen molar-refractivity contribution >= 4 is 34.8 Å². The van der Waals surface area contributed by atoms with Gasteiger partial charge in [0.15, 0.2) is 0 Å². The summed E-state index contributed by atoms with van der Waals surface area (Å²) in [7, 11) is 0. The van der Waals surface area contributed by atoms with E-state index in [-0.39, 0.29) is 17.2 Å². The molecule has 0 atom stereocenters. The van der Waals surface area contributed by atoms with Crippen LogP contribution in [-0.2, 0) is 6.18 Å². The van der Waals surface area contributed by atoms with Crippen molar-refractivity contribution in [3.63, 3.8) is 0 Å². The number of benzene rings is 3. The first-order chi connectivity index (χ1) is 17.1. The summed E-state index contributed by atoms with van der Waals surface area (Å²) in [5, 5.41) is 14.2. The van der Waals surface area contributed by atoms with Crippen LogP contribution in [0.2, 0.25) is 5.02 Å². The Balaban J connectivity index is 1.56. The Bertz CT molecular complexity index is 1500. The van der Waals surface area contributed by atoms with Gasteiger partial charge in [-0.1, -0.05) is 29.8 Å². The van der Waals surface area contributed by atoms with Gasteiger partial charge in [0.25, 0.3) is 5.91 Å². The number of rotatable bonds is 5. The highest BCUT2D eigenvalue weighted by atomic mass is 35.5. The van der Waals surface area contributed by atoms with Crippen LogP contribution in [-0.4, -0.2) is 15.9 Å². The molecule has 0 aliphatic heterocycles. The van der Waals surface area contributed by atoms with E-state index in [1.165, 1.54) is 6.07 Å². The molecule has 180 valence electrons. The lowest BCUT2D eigenvalue weighted by Crippen LogP contribution is -2.14. The third-order valence-electron chi connectivity index (χ3n) is 5.22. The highest BCUT2D eigenvalue weighted by Gasteiger charge is 2.33. The summed E-state index contributed by atoms with van der Waals surface area (Å²) in [4.78, 5) is 21.5. The first-order valence-corrected chi connectivity index (χ1v) is 10.9. The molecule has 0 fully saturated rings. The number of nitrogens with zero attached hydrogens (tertiary/aromatic N) is 3. The maximum Gasteiger partial charge on any atom is 0.417 e. The number of hydrogen-bond acceptors (Lipinski definition) is 5. The second-order valence-electron chi connectivity index (χ2n) is 7.76. The Morgan fingerprint density at radius 2 is 1.86 bits per heavy atom. The average molecular weight is 508 g/mol. The molecule has 36 heavy (non-hydrogen) atoms. The topological polar surface area (TPSA) is 90.7 Å². The molecule has 0 spiro atoms. The van der Waals surface area contributed by atoms with Crippen LogP contribution in [0.15, 0.2) is 72.9 Å². The molecule has 0 aliphatic rings. The van der Waals surface area contributed by atoms with Gasteiger partial charge in [-0.3, -0.25) is 4.79 Å². The number of nitrogens with one attached hydrogen (secondary N) is 2. The Labute approximate surface area is 209 Å². The summed E-state index contributed by atoms with van der Waals surface area (Å²) in [5.41, 5.74) is 2.30. The molecular formula is C26H17ClF3N5O. The molecule has 6 nitrogen and oxygen atoms in total. The monoisotopic (exact) mass is 507 g/mol. The predicted molar refractivity (Wildman–Crippen MR) is 131 cm³/mol. The van der Waals surface area contributed by atoms with Gasteiger partial charge in [-0.15, -0.1) is 0 Å². The molecule has 0 radical (unpaired) electrons. The van der Waals surface area contributed by atoms with E-state index in [0.717, 1.165) is 23.3 Å². The third-order valence-corrected chi connectivity index (χ3v) is 5.55. The van der Waals surface area contributed by atoms with Gasteiger partial charge in [0.05, 0.1) is 27.9 Å². The van der Waals surface area contributed by atoms with Crippen molar-refractivity contribution in [2.75, 3.05) is 10.6 Å². The molecule has 0 bridgehead atoms. The fourth-order valence-electron chi connectivity index (χ4n) is 3.37. The SMILES string of the molecule is Cc1ccc(C(=O)Nc2ccc(Cl)c(C(F)(F)F)c2)cc1Nc1nccc(-c2cccc(C#N)c2)n1. The molecule has 4 aromatic rings. The third kappa shape index (κ3) is 5.62. The number of aryl methyl sites for hydroxylation is 1. The van der Waals surface area contributed by atoms with Crippen LogP contribution in [0.5, 0.6) is 0 Å². The Kier molecular flexibility index (Phi) is 6.90. The van der Waals surface area contributed by atoms with Crippen molar-refractivity contribution in [1.82, 2.24) is 9.97 Å². The molecule has 0 saturated carbocycles. The van der Waals surface area contributed by atoms with E-state index in [9.17, 15) is 18.0 Å². The van der Waals surface area contributed by atoms with Gasteiger partial charge < -0.3 is 10.6 Å². The van der Waals surface area contributed by atoms with Gasteiger partial charge in [0.2, 0.25) is 5.95 Å². The molecular weight excluding hydrogens is 491 g/mol. The number of halogens is 4. The van der Waals surface area contributed by atoms with Gasteiger partial charge in [0.1, 0.15) is 0 Å². The Morgan fingerprint density at radius 3 is 2.61 bits per heavy atom. The molecule has 10 heteroatoms. The summed E-state index contributed by atoms with van der Waals surface area (Å²) in [6.45, 7) is 1.82. The van der Waals surface area contributed by atoms with Gasteiger partial charge in [-0.2, -0.15) is 18.4 Å². The standard InChI is InChI=1S/C26H17ClF3N5O/c1-15-5-6-18(24(36)33-19-7-8-21(27)20(13-19)26(28,29)30)12-23(15)35-25-32-10-9-22(34-25)17-4-2-3-16(11-17)14-31/h2-13H,1H3,(H,33,36)(H,32,34,35). The number of amides is 1. The lowest BCUT2D eigenvalue weighted by molar-refractivity contribution is -0.137. The Hall–Kier alpha value is -4.42. The first-order valence-electron chi connectivity index (χ1n) is 10.5. The molecule has 1 amide bonds. The minimum Gasteiger partial charge on any atom is -0.324 e. The number of aromatic nitrogens is 2. The number of carbonyl (C=O) groups is 1. The minimum absolute atomic E-state index is 0.0394. The quantitative estimate of drug-likeness (QED) is 0.304. The highest BCUT2D eigenvalue weighted by molar-refractivity contribution is 6.31. The van der Waals surface area contributed by atoms with E-state index >= 15 is 0 Å². The number of alkyl halides is 3. The van der Waals surface area contributed by atoms with Crippen LogP contribution in [0.25, 0.3) is 11.3 Å². The fourth-order valence-corrected chi connectivity index (χ4v) is 3.59. The lowest BCUT2D eigenvalue weighted by Gasteiger charge is -2.13. The Morgan fingerprint density at radius 1 is 1.06 bits per heavy atom. The summed E-state index contributed by atoms with van der Waals surface area (Å²) in [5.74, 6) is -0.334. The van der Waals surface area contributed by atoms with Crippen molar-refractivity contribution < 1.29 is 18.0 Å². The average Bonchev–Trinajstić information content (AvgIpc) is 2.86. The zero-order valence-corrected chi connectivity index (χ0v) is 19.4. The van der Waals surface area contributed by atoms with Gasteiger partial charge in [-0.05, 0) is 61.0 Å². The molecule has 2 N–H and O–H groups in total. The predicted octanol–water partition coefficient (Wildman–Crippen LogP) is 6.99. The van der Waals surface area contributed by atoms with E-state index < -0.39 is 22.7 Å². The van der Waals surface area contributed by atoms with Crippen molar-refractivity contribution in [2.45, 2.75) is 13.1 Å². The van der Waals surface area contributed by atoms with Gasteiger partial charge >= 0.3 is 6.18 Å². The molecule has 4 rings (SSSR count). The summed E-state index contributed by atoms with van der Waals surface area (Å²) < 4.78 is 39.4. The van der Waals surface area contributed by atoms with E-state index in [0.29, 0.717) is 16.9 Å². The largest absolute Gasteiger partial charge is 0.417 e. The molecule has 1 heterocycles. The second kappa shape index (κ2) is 10.1. The van der Waals surface area contributed by atoms with Crippen LogP contribution in [0.1, 0.15) is 27.0 Å². The molecule has 0 unspecified atom stereocenters. The summed E-state index contributed by atoms with van der Waals surface area (Å²) in [6, 6.07) is 18.7. The van der Waals surface area contributed by atoms with E-state index in [1.54, 1.807) is 48.7 Å². The van der Waals surface area contributed by atoms with E-state index in [2.05, 4.69) is 26.7 Å². The lowest BCUT2D eigenvalue weighted by atomic mass is 10.1. The van der Waals surface area contributed by atoms with Crippen molar-refractivity contribution in [3.8, 4) is 17.3 Å². The van der Waals surface area contributed by atoms with Crippen molar-refractivity contribution in [3.05, 3.63) is 100 Å². The normalized spacial score (nSPS) is 11.0. The zero-order chi connectivity index (χ0) is 25.9. The number of anilines is 3. The van der Waals surface area contributed by atoms with Crippen LogP contribution >= 0.6 is 11.6 Å². The minimum atomic E-state index is -4.65. The van der Waals surface area contributed by atoms with E-state index in [1.807, 2.05) is 13.0 Å². The van der Waals surface area contributed by atoms with Crippen LogP contribution in [0.4, 0.5) is 30.5 Å². The highest BCUT2D eigenvalue weighted by Crippen LogP contribution is 2.36. The van der Waals surface area contributed by atoms with Crippen molar-refractivity contribution in [1.29, 1.82) is 5.26 Å². The maximum absolute atomic E-state index is 13.1. The maximum atomic E-state index is 13.1. The second-order valence-corrected chi connectivity index (χ2v) is 8.17. The molecule has 0 aliphatic carbocycles. The van der Waals surface area contributed by atoms with Crippen LogP contribution in [0, 0.1) is 18.3 Å². The fraction of sp³-hybridized carbons (Fsp3) is 0.0769. The zero-order valence-electron chi connectivity index (χ0n) is 18.7. The van der Waals surface area contributed by atoms with Crippen LogP contribution in [0.3, 0.4) is 0 Å². The van der Waals surface area contributed by atoms with E-state index in [4.69, 9.17) is 16.9 Å². The summed E-state index contributed by atoms with van der Waals surface area (Å²) in [6.07, 6.45) is -3.09. The smallest absolute Gasteiger partial charge is 0.324 e. The number of hydrogen-bond donors (Lipinski definition) is 2. The van der Waals surface area contributed by atoms with Gasteiger partial charge in [-0.25, -0.2) is 9.97 Å². The van der Waals surface area contributed by atoms with Crippen molar-refractivity contribution in [2.24, 2.45) is 0 Å². The number of carbonyl (C=O) groups excluding carboxylic acids is 1. The molecule has 1 aromatic heterocycles. The molecule has 3 aromatic carbocycles. The summed E-state index contributed by atoms with van der Waals surface area (Å²) >= 11 is 5.65. The molecule has 0 saturated heterocycles. The number of nitriles is 1. The van der Waals surface area contributed by atoms with Crippen LogP contribution < -0.4 is 10.6 Å². The first kappa shape index (κ1) is 24.7.